The summed E-state index contributed by atoms with van der Waals surface area (Å²) in [5, 5.41) is 11.6. The first kappa shape index (κ1) is 14.3. The van der Waals surface area contributed by atoms with E-state index in [1.54, 1.807) is 11.3 Å². The van der Waals surface area contributed by atoms with Crippen molar-refractivity contribution in [2.24, 2.45) is 0 Å². The number of fused-ring (bicyclic) bond motifs is 1. The number of nitrogens with zero attached hydrogens (tertiary/aromatic N) is 2. The Hall–Kier alpha value is -1.65. The smallest absolute Gasteiger partial charge is 0.0676 e. The predicted octanol–water partition coefficient (Wildman–Crippen LogP) is 3.95. The molecule has 21 heavy (non-hydrogen) atoms. The highest BCUT2D eigenvalue weighted by Crippen LogP contribution is 2.26. The van der Waals surface area contributed by atoms with Crippen molar-refractivity contribution in [2.75, 3.05) is 0 Å². The third-order valence-electron chi connectivity index (χ3n) is 3.79. The number of nitrogens with one attached hydrogen (secondary N) is 1. The molecule has 0 aliphatic heterocycles. The largest absolute Gasteiger partial charge is 0.310 e. The lowest BCUT2D eigenvalue weighted by atomic mass is 10.2. The molecule has 0 atom stereocenters. The van der Waals surface area contributed by atoms with Crippen LogP contribution in [-0.4, -0.2) is 15.8 Å². The molecule has 4 heteroatoms. The normalized spacial score (nSPS) is 11.6. The summed E-state index contributed by atoms with van der Waals surface area (Å²) in [5.74, 6) is 0. The van der Waals surface area contributed by atoms with E-state index in [0.29, 0.717) is 6.04 Å². The second kappa shape index (κ2) is 6.00. The fourth-order valence-corrected chi connectivity index (χ4v) is 3.40. The summed E-state index contributed by atoms with van der Waals surface area (Å²) in [5.41, 5.74) is 3.88. The molecule has 110 valence electrons. The molecule has 3 aromatic rings. The fourth-order valence-electron chi connectivity index (χ4n) is 2.45. The van der Waals surface area contributed by atoms with Gasteiger partial charge < -0.3 is 5.32 Å². The number of benzene rings is 1. The Bertz CT molecular complexity index is 739. The van der Waals surface area contributed by atoms with Gasteiger partial charge in [0.15, 0.2) is 0 Å². The molecule has 0 aliphatic carbocycles. The van der Waals surface area contributed by atoms with Gasteiger partial charge in [0, 0.05) is 28.5 Å². The summed E-state index contributed by atoms with van der Waals surface area (Å²) in [6.45, 7) is 8.21. The van der Waals surface area contributed by atoms with Crippen molar-refractivity contribution in [1.29, 1.82) is 0 Å². The highest BCUT2D eigenvalue weighted by molar-refractivity contribution is 7.17. The van der Waals surface area contributed by atoms with Gasteiger partial charge in [-0.15, -0.1) is 11.3 Å². The number of rotatable bonds is 5. The van der Waals surface area contributed by atoms with Crippen molar-refractivity contribution >= 4 is 21.4 Å². The molecule has 3 rings (SSSR count). The lowest BCUT2D eigenvalue weighted by Crippen LogP contribution is -2.22. The first-order chi connectivity index (χ1) is 10.1. The Balaban J connectivity index is 1.82. The lowest BCUT2D eigenvalue weighted by molar-refractivity contribution is 0.585. The van der Waals surface area contributed by atoms with E-state index >= 15 is 0 Å². The number of hydrogen-bond acceptors (Lipinski definition) is 3. The summed E-state index contributed by atoms with van der Waals surface area (Å²) in [6.07, 6.45) is 1.99. The zero-order valence-corrected chi connectivity index (χ0v) is 13.6. The van der Waals surface area contributed by atoms with Crippen LogP contribution in [0.3, 0.4) is 0 Å². The highest BCUT2D eigenvalue weighted by Gasteiger charge is 2.09. The Kier molecular flexibility index (Phi) is 4.08. The van der Waals surface area contributed by atoms with E-state index in [1.807, 2.05) is 6.20 Å². The monoisotopic (exact) mass is 299 g/mol. The molecule has 0 unspecified atom stereocenters. The molecule has 1 N–H and O–H groups in total. The Morgan fingerprint density at radius 1 is 1.24 bits per heavy atom. The van der Waals surface area contributed by atoms with E-state index in [2.05, 4.69) is 65.5 Å². The summed E-state index contributed by atoms with van der Waals surface area (Å²) in [7, 11) is 0. The van der Waals surface area contributed by atoms with Gasteiger partial charge in [-0.05, 0) is 29.3 Å². The van der Waals surface area contributed by atoms with Crippen LogP contribution in [0.25, 0.3) is 10.1 Å². The number of aromatic nitrogens is 2. The van der Waals surface area contributed by atoms with E-state index in [0.717, 1.165) is 13.1 Å². The van der Waals surface area contributed by atoms with Gasteiger partial charge >= 0.3 is 0 Å². The van der Waals surface area contributed by atoms with Gasteiger partial charge in [0.1, 0.15) is 0 Å². The van der Waals surface area contributed by atoms with Crippen molar-refractivity contribution in [2.45, 2.75) is 39.9 Å². The van der Waals surface area contributed by atoms with Gasteiger partial charge in [-0.25, -0.2) is 0 Å². The topological polar surface area (TPSA) is 29.9 Å². The van der Waals surface area contributed by atoms with Crippen LogP contribution in [0.5, 0.6) is 0 Å². The fraction of sp³-hybridized carbons (Fsp3) is 0.353. The van der Waals surface area contributed by atoms with Crippen molar-refractivity contribution in [3.8, 4) is 0 Å². The molecular formula is C17H21N3S. The molecule has 0 saturated carbocycles. The van der Waals surface area contributed by atoms with E-state index in [-0.39, 0.29) is 0 Å². The van der Waals surface area contributed by atoms with Crippen LogP contribution in [0.4, 0.5) is 0 Å². The van der Waals surface area contributed by atoms with Crippen molar-refractivity contribution < 1.29 is 0 Å². The molecule has 0 spiro atoms. The Morgan fingerprint density at radius 3 is 2.86 bits per heavy atom. The van der Waals surface area contributed by atoms with Crippen LogP contribution in [0.15, 0.2) is 35.8 Å². The van der Waals surface area contributed by atoms with Gasteiger partial charge in [0.2, 0.25) is 0 Å². The van der Waals surface area contributed by atoms with Crippen LogP contribution >= 0.6 is 11.3 Å². The third-order valence-corrected chi connectivity index (χ3v) is 4.80. The second-order valence-corrected chi connectivity index (χ2v) is 6.62. The first-order valence-electron chi connectivity index (χ1n) is 7.35. The minimum Gasteiger partial charge on any atom is -0.310 e. The molecular weight excluding hydrogens is 278 g/mol. The molecule has 0 fully saturated rings. The zero-order chi connectivity index (χ0) is 14.8. The summed E-state index contributed by atoms with van der Waals surface area (Å²) < 4.78 is 3.45. The molecule has 1 aromatic carbocycles. The molecule has 3 nitrogen and oxygen atoms in total. The molecule has 0 radical (unpaired) electrons. The Labute approximate surface area is 129 Å². The molecule has 0 saturated heterocycles. The number of thiophene rings is 1. The maximum absolute atomic E-state index is 4.56. The van der Waals surface area contributed by atoms with Gasteiger partial charge in [-0.1, -0.05) is 32.0 Å². The van der Waals surface area contributed by atoms with Crippen molar-refractivity contribution in [1.82, 2.24) is 15.1 Å². The Morgan fingerprint density at radius 2 is 2.05 bits per heavy atom. The number of hydrogen-bond donors (Lipinski definition) is 1. The van der Waals surface area contributed by atoms with Crippen molar-refractivity contribution in [3.63, 3.8) is 0 Å². The van der Waals surface area contributed by atoms with E-state index in [9.17, 15) is 0 Å². The second-order valence-electron chi connectivity index (χ2n) is 5.71. The van der Waals surface area contributed by atoms with Crippen LogP contribution in [0.1, 0.15) is 30.7 Å². The van der Waals surface area contributed by atoms with Gasteiger partial charge in [0.25, 0.3) is 0 Å². The quantitative estimate of drug-likeness (QED) is 0.773. The summed E-state index contributed by atoms with van der Waals surface area (Å²) in [6, 6.07) is 9.07. The van der Waals surface area contributed by atoms with Crippen molar-refractivity contribution in [3.05, 3.63) is 52.7 Å². The van der Waals surface area contributed by atoms with Crippen LogP contribution < -0.4 is 5.32 Å². The van der Waals surface area contributed by atoms with Crippen LogP contribution in [-0.2, 0) is 13.1 Å². The SMILES string of the molecule is Cc1c(CNC(C)C)cnn1Cc1csc2ccccc12. The molecule has 0 bridgehead atoms. The lowest BCUT2D eigenvalue weighted by Gasteiger charge is -2.08. The van der Waals surface area contributed by atoms with E-state index in [4.69, 9.17) is 0 Å². The molecule has 2 heterocycles. The molecule has 2 aromatic heterocycles. The minimum atomic E-state index is 0.494. The summed E-state index contributed by atoms with van der Waals surface area (Å²) >= 11 is 1.81. The average Bonchev–Trinajstić information content (AvgIpc) is 3.03. The minimum absolute atomic E-state index is 0.494. The molecule has 0 aliphatic rings. The van der Waals surface area contributed by atoms with Gasteiger partial charge in [0.05, 0.1) is 12.7 Å². The molecule has 0 amide bonds. The van der Waals surface area contributed by atoms with E-state index in [1.165, 1.54) is 26.9 Å². The van der Waals surface area contributed by atoms with Gasteiger partial charge in [-0.3, -0.25) is 4.68 Å². The predicted molar refractivity (Wildman–Crippen MR) is 89.9 cm³/mol. The van der Waals surface area contributed by atoms with Gasteiger partial charge in [-0.2, -0.15) is 5.10 Å². The zero-order valence-electron chi connectivity index (χ0n) is 12.8. The maximum atomic E-state index is 4.56. The first-order valence-corrected chi connectivity index (χ1v) is 8.23. The maximum Gasteiger partial charge on any atom is 0.0676 e. The average molecular weight is 299 g/mol. The standard InChI is InChI=1S/C17H21N3S/c1-12(2)18-8-14-9-19-20(13(14)3)10-15-11-21-17-7-5-4-6-16(15)17/h4-7,9,11-12,18H,8,10H2,1-3H3. The highest BCUT2D eigenvalue weighted by atomic mass is 32.1. The van der Waals surface area contributed by atoms with E-state index < -0.39 is 0 Å². The van der Waals surface area contributed by atoms with Crippen LogP contribution in [0, 0.1) is 6.92 Å². The summed E-state index contributed by atoms with van der Waals surface area (Å²) in [4.78, 5) is 0. The third kappa shape index (κ3) is 3.01. The van der Waals surface area contributed by atoms with Crippen LogP contribution in [0.2, 0.25) is 0 Å².